The molecule has 0 unspecified atom stereocenters. The summed E-state index contributed by atoms with van der Waals surface area (Å²) < 4.78 is 4.46. The van der Waals surface area contributed by atoms with Crippen molar-refractivity contribution < 1.29 is 0 Å². The highest BCUT2D eigenvalue weighted by atomic mass is 15.0. The van der Waals surface area contributed by atoms with Crippen LogP contribution < -0.4 is 0 Å². The Morgan fingerprint density at radius 1 is 0.475 bits per heavy atom. The normalized spacial score (nSPS) is 11.4. The maximum Gasteiger partial charge on any atom is 0.101 e. The monoisotopic (exact) mass is 508 g/mol. The minimum absolute atomic E-state index is 0.520. The fraction of sp³-hybridized carbons (Fsp3) is 0. The zero-order valence-corrected chi connectivity index (χ0v) is 21.3. The molecule has 2 aromatic heterocycles. The van der Waals surface area contributed by atoms with Gasteiger partial charge in [0.05, 0.1) is 45.0 Å². The molecule has 0 aliphatic heterocycles. The van der Waals surface area contributed by atoms with Gasteiger partial charge in [0.25, 0.3) is 0 Å². The molecule has 40 heavy (non-hydrogen) atoms. The molecule has 6 aromatic carbocycles. The molecule has 4 nitrogen and oxygen atoms in total. The highest BCUT2D eigenvalue weighted by Crippen LogP contribution is 2.40. The third-order valence-corrected chi connectivity index (χ3v) is 7.96. The van der Waals surface area contributed by atoms with Crippen LogP contribution >= 0.6 is 0 Å². The van der Waals surface area contributed by atoms with Crippen LogP contribution in [0.2, 0.25) is 0 Å². The predicted octanol–water partition coefficient (Wildman–Crippen LogP) is 8.78. The second kappa shape index (κ2) is 8.33. The van der Waals surface area contributed by atoms with Crippen LogP contribution in [0.15, 0.2) is 121 Å². The third kappa shape index (κ3) is 2.99. The van der Waals surface area contributed by atoms with Gasteiger partial charge >= 0.3 is 0 Å². The van der Waals surface area contributed by atoms with Crippen molar-refractivity contribution >= 4 is 54.4 Å². The van der Waals surface area contributed by atoms with Crippen LogP contribution in [0.25, 0.3) is 65.8 Å². The van der Waals surface area contributed by atoms with Crippen molar-refractivity contribution in [1.82, 2.24) is 9.13 Å². The molecule has 0 atom stereocenters. The van der Waals surface area contributed by atoms with Gasteiger partial charge in [0, 0.05) is 27.2 Å². The average molecular weight is 509 g/mol. The van der Waals surface area contributed by atoms with Gasteiger partial charge in [0.1, 0.15) is 6.07 Å². The van der Waals surface area contributed by atoms with E-state index in [2.05, 4.69) is 124 Å². The number of benzene rings is 6. The summed E-state index contributed by atoms with van der Waals surface area (Å²) in [6, 6.07) is 46.1. The van der Waals surface area contributed by atoms with Gasteiger partial charge < -0.3 is 9.13 Å². The summed E-state index contributed by atoms with van der Waals surface area (Å²) in [4.78, 5) is 0. The van der Waals surface area contributed by atoms with E-state index >= 15 is 0 Å². The standard InChI is InChI=1S/C36H20N4/c37-21-23-13-14-25(22-38)35(19-23)40-33-18-16-26(20-30(33)36-27-8-2-1-7-24(27)15-17-34(36)40)39-31-11-5-3-9-28(31)29-10-4-6-12-32(29)39/h1-20H. The van der Waals surface area contributed by atoms with Crippen molar-refractivity contribution in [2.24, 2.45) is 0 Å². The summed E-state index contributed by atoms with van der Waals surface area (Å²) in [5, 5.41) is 26.6. The molecule has 8 rings (SSSR count). The van der Waals surface area contributed by atoms with Crippen LogP contribution in [0.1, 0.15) is 11.1 Å². The molecule has 0 amide bonds. The van der Waals surface area contributed by atoms with Gasteiger partial charge in [-0.15, -0.1) is 0 Å². The first-order valence-electron chi connectivity index (χ1n) is 13.2. The van der Waals surface area contributed by atoms with Gasteiger partial charge in [-0.25, -0.2) is 0 Å². The van der Waals surface area contributed by atoms with Crippen LogP contribution in [0.4, 0.5) is 0 Å². The molecule has 8 aromatic rings. The maximum atomic E-state index is 10.0. The van der Waals surface area contributed by atoms with Crippen molar-refractivity contribution in [2.45, 2.75) is 0 Å². The van der Waals surface area contributed by atoms with Crippen LogP contribution in [0.5, 0.6) is 0 Å². The smallest absolute Gasteiger partial charge is 0.101 e. The SMILES string of the molecule is N#Cc1ccc(C#N)c(-n2c3ccc(-n4c5ccccc5c5ccccc54)cc3c3c4ccccc4ccc32)c1. The van der Waals surface area contributed by atoms with Crippen LogP contribution in [0, 0.1) is 22.7 Å². The molecule has 0 aliphatic rings. The molecule has 2 heterocycles. The van der Waals surface area contributed by atoms with Crippen molar-refractivity contribution in [3.8, 4) is 23.5 Å². The highest BCUT2D eigenvalue weighted by molar-refractivity contribution is 6.22. The minimum atomic E-state index is 0.520. The number of para-hydroxylation sites is 2. The lowest BCUT2D eigenvalue weighted by atomic mass is 10.0. The van der Waals surface area contributed by atoms with Crippen LogP contribution in [-0.4, -0.2) is 9.13 Å². The Morgan fingerprint density at radius 3 is 1.85 bits per heavy atom. The Balaban J connectivity index is 1.54. The Kier molecular flexibility index (Phi) is 4.62. The lowest BCUT2D eigenvalue weighted by Gasteiger charge is -2.11. The van der Waals surface area contributed by atoms with Crippen molar-refractivity contribution in [2.75, 3.05) is 0 Å². The molecule has 0 N–H and O–H groups in total. The van der Waals surface area contributed by atoms with Crippen molar-refractivity contribution in [3.05, 3.63) is 132 Å². The van der Waals surface area contributed by atoms with Gasteiger partial charge in [-0.2, -0.15) is 10.5 Å². The first-order valence-corrected chi connectivity index (χ1v) is 13.2. The fourth-order valence-electron chi connectivity index (χ4n) is 6.26. The van der Waals surface area contributed by atoms with Crippen molar-refractivity contribution in [1.29, 1.82) is 10.5 Å². The second-order valence-corrected chi connectivity index (χ2v) is 10.0. The molecule has 0 spiro atoms. The Bertz CT molecular complexity index is 2350. The van der Waals surface area contributed by atoms with E-state index in [0.717, 1.165) is 49.3 Å². The summed E-state index contributed by atoms with van der Waals surface area (Å²) in [5.74, 6) is 0. The summed E-state index contributed by atoms with van der Waals surface area (Å²) in [6.07, 6.45) is 0. The molecule has 0 aliphatic carbocycles. The topological polar surface area (TPSA) is 57.4 Å². The van der Waals surface area contributed by atoms with E-state index in [1.54, 1.807) is 12.1 Å². The molecule has 4 heteroatoms. The lowest BCUT2D eigenvalue weighted by molar-refractivity contribution is 1.16. The number of fused-ring (bicyclic) bond motifs is 8. The Hall–Kier alpha value is -5.84. The molecular formula is C36H20N4. The zero-order valence-electron chi connectivity index (χ0n) is 21.3. The predicted molar refractivity (Wildman–Crippen MR) is 162 cm³/mol. The van der Waals surface area contributed by atoms with E-state index in [1.807, 2.05) is 6.07 Å². The number of nitrogens with zero attached hydrogens (tertiary/aromatic N) is 4. The summed E-state index contributed by atoms with van der Waals surface area (Å²) in [6.45, 7) is 0. The summed E-state index contributed by atoms with van der Waals surface area (Å²) in [5.41, 5.74) is 7.13. The largest absolute Gasteiger partial charge is 0.309 e. The molecular weight excluding hydrogens is 488 g/mol. The fourth-order valence-corrected chi connectivity index (χ4v) is 6.26. The van der Waals surface area contributed by atoms with Gasteiger partial charge in [0.15, 0.2) is 0 Å². The number of hydrogen-bond donors (Lipinski definition) is 0. The minimum Gasteiger partial charge on any atom is -0.309 e. The van der Waals surface area contributed by atoms with E-state index in [9.17, 15) is 10.5 Å². The average Bonchev–Trinajstić information content (AvgIpc) is 3.53. The van der Waals surface area contributed by atoms with E-state index < -0.39 is 0 Å². The summed E-state index contributed by atoms with van der Waals surface area (Å²) in [7, 11) is 0. The van der Waals surface area contributed by atoms with Gasteiger partial charge in [0.2, 0.25) is 0 Å². The second-order valence-electron chi connectivity index (χ2n) is 10.0. The van der Waals surface area contributed by atoms with E-state index in [1.165, 1.54) is 10.8 Å². The first-order chi connectivity index (χ1) is 19.8. The first kappa shape index (κ1) is 22.2. The van der Waals surface area contributed by atoms with Gasteiger partial charge in [-0.05, 0) is 65.4 Å². The number of nitriles is 2. The van der Waals surface area contributed by atoms with E-state index in [0.29, 0.717) is 16.8 Å². The Morgan fingerprint density at radius 2 is 1.12 bits per heavy atom. The van der Waals surface area contributed by atoms with Crippen LogP contribution in [0.3, 0.4) is 0 Å². The van der Waals surface area contributed by atoms with Gasteiger partial charge in [-0.3, -0.25) is 0 Å². The van der Waals surface area contributed by atoms with E-state index in [4.69, 9.17) is 0 Å². The quantitative estimate of drug-likeness (QED) is 0.234. The molecule has 0 fully saturated rings. The molecule has 0 radical (unpaired) electrons. The lowest BCUT2D eigenvalue weighted by Crippen LogP contribution is -1.99. The molecule has 0 saturated carbocycles. The molecule has 0 saturated heterocycles. The number of aromatic nitrogens is 2. The highest BCUT2D eigenvalue weighted by Gasteiger charge is 2.19. The molecule has 0 bridgehead atoms. The molecule has 184 valence electrons. The maximum absolute atomic E-state index is 10.0. The number of hydrogen-bond acceptors (Lipinski definition) is 2. The van der Waals surface area contributed by atoms with E-state index in [-0.39, 0.29) is 0 Å². The van der Waals surface area contributed by atoms with Crippen LogP contribution in [-0.2, 0) is 0 Å². The number of rotatable bonds is 2. The summed E-state index contributed by atoms with van der Waals surface area (Å²) >= 11 is 0. The van der Waals surface area contributed by atoms with Crippen molar-refractivity contribution in [3.63, 3.8) is 0 Å². The zero-order chi connectivity index (χ0) is 26.8. The Labute approximate surface area is 229 Å². The van der Waals surface area contributed by atoms with Gasteiger partial charge in [-0.1, -0.05) is 66.7 Å². The third-order valence-electron chi connectivity index (χ3n) is 7.96.